The normalized spacial score (nSPS) is 11.4. The molecule has 1 atom stereocenters. The van der Waals surface area contributed by atoms with Gasteiger partial charge in [0.25, 0.3) is 0 Å². The Hall–Kier alpha value is -2.61. The third kappa shape index (κ3) is 7.59. The Balaban J connectivity index is 2.48. The summed E-state index contributed by atoms with van der Waals surface area (Å²) in [5.41, 5.74) is 6.84. The molecule has 0 heterocycles. The van der Waals surface area contributed by atoms with Gasteiger partial charge in [0, 0.05) is 12.2 Å². The van der Waals surface area contributed by atoms with Crippen LogP contribution >= 0.6 is 0 Å². The monoisotopic (exact) mass is 336 g/mol. The van der Waals surface area contributed by atoms with E-state index < -0.39 is 18.0 Å². The van der Waals surface area contributed by atoms with Gasteiger partial charge in [0.2, 0.25) is 11.8 Å². The van der Waals surface area contributed by atoms with E-state index in [1.54, 1.807) is 12.1 Å². The first-order valence-electron chi connectivity index (χ1n) is 7.76. The summed E-state index contributed by atoms with van der Waals surface area (Å²) >= 11 is 0. The minimum Gasteiger partial charge on any atom is -0.465 e. The first kappa shape index (κ1) is 19.4. The van der Waals surface area contributed by atoms with Crippen LogP contribution in [0.15, 0.2) is 24.3 Å². The van der Waals surface area contributed by atoms with Crippen LogP contribution in [0.5, 0.6) is 0 Å². The van der Waals surface area contributed by atoms with E-state index in [9.17, 15) is 14.4 Å². The molecule has 24 heavy (non-hydrogen) atoms. The molecule has 1 rings (SSSR count). The van der Waals surface area contributed by atoms with Crippen molar-refractivity contribution in [2.24, 2.45) is 5.73 Å². The van der Waals surface area contributed by atoms with Crippen molar-refractivity contribution in [1.82, 2.24) is 10.6 Å². The third-order valence-electron chi connectivity index (χ3n) is 3.36. The lowest BCUT2D eigenvalue weighted by atomic mass is 10.1. The number of carbonyl (C=O) groups is 3. The number of anilines is 1. The highest BCUT2D eigenvalue weighted by atomic mass is 16.4. The number of benzene rings is 1. The van der Waals surface area contributed by atoms with Gasteiger partial charge in [-0.3, -0.25) is 9.59 Å². The summed E-state index contributed by atoms with van der Waals surface area (Å²) in [4.78, 5) is 34.1. The summed E-state index contributed by atoms with van der Waals surface area (Å²) in [7, 11) is 0. The molecular weight excluding hydrogens is 312 g/mol. The standard InChI is InChI=1S/C16H24N4O4/c1-11-5-7-12(8-6-11)19-15(22)13(20-16(23)24)4-2-3-9-18-14(21)10-17/h5-8,13,20H,2-4,9-10,17H2,1H3,(H,18,21)(H,19,22)(H,23,24)/t13-/m0/s1. The van der Waals surface area contributed by atoms with Crippen LogP contribution in [-0.4, -0.2) is 42.1 Å². The van der Waals surface area contributed by atoms with Gasteiger partial charge in [0.1, 0.15) is 6.04 Å². The van der Waals surface area contributed by atoms with E-state index in [4.69, 9.17) is 10.8 Å². The molecule has 8 nitrogen and oxygen atoms in total. The number of nitrogens with two attached hydrogens (primary N) is 1. The van der Waals surface area contributed by atoms with Crippen molar-refractivity contribution < 1.29 is 19.5 Å². The lowest BCUT2D eigenvalue weighted by Crippen LogP contribution is -2.43. The summed E-state index contributed by atoms with van der Waals surface area (Å²) in [6.07, 6.45) is 0.288. The van der Waals surface area contributed by atoms with E-state index >= 15 is 0 Å². The van der Waals surface area contributed by atoms with Crippen LogP contribution in [-0.2, 0) is 9.59 Å². The Bertz CT molecular complexity index is 560. The molecule has 132 valence electrons. The fourth-order valence-electron chi connectivity index (χ4n) is 2.06. The number of rotatable bonds is 9. The molecule has 1 aromatic carbocycles. The SMILES string of the molecule is Cc1ccc(NC(=O)[C@H](CCCCNC(=O)CN)NC(=O)O)cc1. The van der Waals surface area contributed by atoms with E-state index in [2.05, 4.69) is 16.0 Å². The highest BCUT2D eigenvalue weighted by molar-refractivity contribution is 5.96. The third-order valence-corrected chi connectivity index (χ3v) is 3.36. The Morgan fingerprint density at radius 2 is 1.83 bits per heavy atom. The van der Waals surface area contributed by atoms with E-state index in [1.165, 1.54) is 0 Å². The van der Waals surface area contributed by atoms with E-state index in [-0.39, 0.29) is 12.5 Å². The number of carbonyl (C=O) groups excluding carboxylic acids is 2. The second-order valence-electron chi connectivity index (χ2n) is 5.41. The van der Waals surface area contributed by atoms with Gasteiger partial charge in [-0.2, -0.15) is 0 Å². The molecule has 0 saturated carbocycles. The molecule has 0 aliphatic carbocycles. The largest absolute Gasteiger partial charge is 0.465 e. The number of nitrogens with one attached hydrogen (secondary N) is 3. The predicted molar refractivity (Wildman–Crippen MR) is 90.7 cm³/mol. The molecule has 0 unspecified atom stereocenters. The Labute approximate surface area is 140 Å². The van der Waals surface area contributed by atoms with Crippen molar-refractivity contribution >= 4 is 23.6 Å². The van der Waals surface area contributed by atoms with Crippen molar-refractivity contribution in [1.29, 1.82) is 0 Å². The number of aryl methyl sites for hydroxylation is 1. The van der Waals surface area contributed by atoms with Crippen LogP contribution in [0.1, 0.15) is 24.8 Å². The predicted octanol–water partition coefficient (Wildman–Crippen LogP) is 0.815. The van der Waals surface area contributed by atoms with Gasteiger partial charge in [-0.25, -0.2) is 4.79 Å². The molecule has 1 aromatic rings. The van der Waals surface area contributed by atoms with Crippen molar-refractivity contribution in [3.8, 4) is 0 Å². The lowest BCUT2D eigenvalue weighted by Gasteiger charge is -2.17. The van der Waals surface area contributed by atoms with Crippen molar-refractivity contribution in [3.63, 3.8) is 0 Å². The van der Waals surface area contributed by atoms with Crippen LogP contribution in [0.25, 0.3) is 0 Å². The van der Waals surface area contributed by atoms with Crippen LogP contribution in [0, 0.1) is 6.92 Å². The van der Waals surface area contributed by atoms with Crippen LogP contribution in [0.2, 0.25) is 0 Å². The highest BCUT2D eigenvalue weighted by Gasteiger charge is 2.20. The minimum absolute atomic E-state index is 0.0673. The molecular formula is C16H24N4O4. The van der Waals surface area contributed by atoms with E-state index in [0.717, 1.165) is 5.56 Å². The maximum Gasteiger partial charge on any atom is 0.405 e. The average Bonchev–Trinajstić information content (AvgIpc) is 2.54. The Kier molecular flexibility index (Phi) is 8.28. The second kappa shape index (κ2) is 10.2. The quantitative estimate of drug-likeness (QED) is 0.426. The Morgan fingerprint density at radius 3 is 2.42 bits per heavy atom. The van der Waals surface area contributed by atoms with Gasteiger partial charge in [-0.15, -0.1) is 0 Å². The molecule has 0 bridgehead atoms. The smallest absolute Gasteiger partial charge is 0.405 e. The van der Waals surface area contributed by atoms with Crippen molar-refractivity contribution in [2.75, 3.05) is 18.4 Å². The number of hydrogen-bond donors (Lipinski definition) is 5. The Morgan fingerprint density at radius 1 is 1.17 bits per heavy atom. The fraction of sp³-hybridized carbons (Fsp3) is 0.438. The lowest BCUT2D eigenvalue weighted by molar-refractivity contribution is -0.120. The number of unbranched alkanes of at least 4 members (excludes halogenated alkanes) is 1. The number of hydrogen-bond acceptors (Lipinski definition) is 4. The molecule has 6 N–H and O–H groups in total. The van der Waals surface area contributed by atoms with Gasteiger partial charge >= 0.3 is 6.09 Å². The molecule has 0 radical (unpaired) electrons. The van der Waals surface area contributed by atoms with Gasteiger partial charge in [-0.1, -0.05) is 17.7 Å². The molecule has 0 saturated heterocycles. The molecule has 0 fully saturated rings. The molecule has 0 spiro atoms. The van der Waals surface area contributed by atoms with Gasteiger partial charge in [0.05, 0.1) is 6.54 Å². The average molecular weight is 336 g/mol. The molecule has 8 heteroatoms. The van der Waals surface area contributed by atoms with Crippen molar-refractivity contribution in [2.45, 2.75) is 32.2 Å². The van der Waals surface area contributed by atoms with E-state index in [1.807, 2.05) is 19.1 Å². The summed E-state index contributed by atoms with van der Waals surface area (Å²) in [6, 6.07) is 6.37. The fourth-order valence-corrected chi connectivity index (χ4v) is 2.06. The number of amides is 3. The van der Waals surface area contributed by atoms with Crippen LogP contribution < -0.4 is 21.7 Å². The van der Waals surface area contributed by atoms with Crippen molar-refractivity contribution in [3.05, 3.63) is 29.8 Å². The molecule has 0 aliphatic rings. The summed E-state index contributed by atoms with van der Waals surface area (Å²) in [5.74, 6) is -0.653. The van der Waals surface area contributed by atoms with Gasteiger partial charge in [-0.05, 0) is 38.3 Å². The summed E-state index contributed by atoms with van der Waals surface area (Å²) in [6.45, 7) is 2.31. The van der Waals surface area contributed by atoms with Gasteiger partial charge in [0.15, 0.2) is 0 Å². The topological polar surface area (TPSA) is 134 Å². The summed E-state index contributed by atoms with van der Waals surface area (Å²) < 4.78 is 0. The minimum atomic E-state index is -1.25. The maximum atomic E-state index is 12.2. The first-order valence-corrected chi connectivity index (χ1v) is 7.76. The number of carboxylic acid groups (broad SMARTS) is 1. The zero-order valence-electron chi connectivity index (χ0n) is 13.7. The van der Waals surface area contributed by atoms with E-state index in [0.29, 0.717) is 31.5 Å². The van der Waals surface area contributed by atoms with Crippen LogP contribution in [0.3, 0.4) is 0 Å². The molecule has 0 aromatic heterocycles. The maximum absolute atomic E-state index is 12.2. The highest BCUT2D eigenvalue weighted by Crippen LogP contribution is 2.10. The second-order valence-corrected chi connectivity index (χ2v) is 5.41. The molecule has 3 amide bonds. The van der Waals surface area contributed by atoms with Crippen LogP contribution in [0.4, 0.5) is 10.5 Å². The van der Waals surface area contributed by atoms with Gasteiger partial charge < -0.3 is 26.8 Å². The zero-order valence-corrected chi connectivity index (χ0v) is 13.7. The summed E-state index contributed by atoms with van der Waals surface area (Å²) in [5, 5.41) is 16.4. The molecule has 0 aliphatic heterocycles. The zero-order chi connectivity index (χ0) is 17.9. The first-order chi connectivity index (χ1) is 11.4.